The maximum atomic E-state index is 13.9. The van der Waals surface area contributed by atoms with Gasteiger partial charge in [0, 0.05) is 44.1 Å². The first-order chi connectivity index (χ1) is 19.4. The summed E-state index contributed by atoms with van der Waals surface area (Å²) in [4.78, 5) is 30.8. The number of carbonyl (C=O) groups excluding carboxylic acids is 1. The van der Waals surface area contributed by atoms with Crippen molar-refractivity contribution < 1.29 is 28.7 Å². The van der Waals surface area contributed by atoms with Gasteiger partial charge in [0.25, 0.3) is 0 Å². The monoisotopic (exact) mass is 550 g/mol. The van der Waals surface area contributed by atoms with Crippen LogP contribution in [-0.4, -0.2) is 66.9 Å². The number of carboxylic acids is 1. The van der Waals surface area contributed by atoms with Gasteiger partial charge in [-0.2, -0.15) is 0 Å². The van der Waals surface area contributed by atoms with Crippen LogP contribution < -0.4 is 14.2 Å². The predicted octanol–water partition coefficient (Wildman–Crippen LogP) is 4.10. The number of pyridine rings is 1. The SMILES string of the molecule is CCCCN(C(=O)CN1C[C@H](c2ccc3c(c2)CCO3)[C@@H](C(=O)O)[C@@H]1CCC1CCCCO1)c1ccc[n+](C)c1. The van der Waals surface area contributed by atoms with E-state index in [2.05, 4.69) is 17.9 Å². The molecule has 1 amide bonds. The number of likely N-dealkylation sites (tertiary alicyclic amines) is 1. The van der Waals surface area contributed by atoms with Crippen LogP contribution in [0, 0.1) is 5.92 Å². The fraction of sp³-hybridized carbons (Fsp3) is 0.594. The Balaban J connectivity index is 1.41. The van der Waals surface area contributed by atoms with Gasteiger partial charge >= 0.3 is 5.97 Å². The lowest BCUT2D eigenvalue weighted by atomic mass is 9.82. The van der Waals surface area contributed by atoms with E-state index < -0.39 is 11.9 Å². The molecule has 2 fully saturated rings. The lowest BCUT2D eigenvalue weighted by Gasteiger charge is -2.31. The van der Waals surface area contributed by atoms with E-state index in [0.29, 0.717) is 26.1 Å². The highest BCUT2D eigenvalue weighted by atomic mass is 16.5. The van der Waals surface area contributed by atoms with E-state index in [-0.39, 0.29) is 30.5 Å². The second-order valence-electron chi connectivity index (χ2n) is 11.6. The Bertz CT molecular complexity index is 1180. The van der Waals surface area contributed by atoms with Crippen molar-refractivity contribution in [1.82, 2.24) is 4.90 Å². The van der Waals surface area contributed by atoms with Crippen molar-refractivity contribution in [2.75, 3.05) is 37.7 Å². The maximum absolute atomic E-state index is 13.9. The molecule has 1 unspecified atom stereocenters. The molecule has 1 N–H and O–H groups in total. The van der Waals surface area contributed by atoms with Crippen molar-refractivity contribution in [3.8, 4) is 5.75 Å². The van der Waals surface area contributed by atoms with E-state index in [9.17, 15) is 14.7 Å². The van der Waals surface area contributed by atoms with Crippen LogP contribution in [0.25, 0.3) is 0 Å². The molecule has 2 aromatic rings. The van der Waals surface area contributed by atoms with Crippen molar-refractivity contribution in [3.05, 3.63) is 53.9 Å². The van der Waals surface area contributed by atoms with Crippen LogP contribution in [0.3, 0.4) is 0 Å². The van der Waals surface area contributed by atoms with E-state index >= 15 is 0 Å². The lowest BCUT2D eigenvalue weighted by molar-refractivity contribution is -0.670. The quantitative estimate of drug-likeness (QED) is 0.425. The lowest BCUT2D eigenvalue weighted by Crippen LogP contribution is -2.45. The Morgan fingerprint density at radius 2 is 2.05 bits per heavy atom. The van der Waals surface area contributed by atoms with Crippen LogP contribution >= 0.6 is 0 Å². The van der Waals surface area contributed by atoms with Crippen LogP contribution in [0.2, 0.25) is 0 Å². The molecule has 4 atom stereocenters. The number of unbranched alkanes of at least 4 members (excludes halogenated alkanes) is 1. The van der Waals surface area contributed by atoms with Gasteiger partial charge in [-0.05, 0) is 61.8 Å². The van der Waals surface area contributed by atoms with Crippen LogP contribution in [0.5, 0.6) is 5.75 Å². The number of hydrogen-bond donors (Lipinski definition) is 1. The minimum atomic E-state index is -0.788. The molecule has 1 aromatic heterocycles. The van der Waals surface area contributed by atoms with Gasteiger partial charge in [-0.3, -0.25) is 14.5 Å². The number of anilines is 1. The van der Waals surface area contributed by atoms with Crippen molar-refractivity contribution >= 4 is 17.6 Å². The standard InChI is InChI=1S/C32H43N3O5/c1-3-4-16-35(25-8-7-15-33(2)20-25)30(36)22-34-21-27(23-10-13-29-24(19-23)14-18-40-29)31(32(37)38)28(34)12-11-26-9-5-6-17-39-26/h7-8,10,13,15,19-20,26-28,31H,3-6,9,11-12,14,16-18,21-22H2,1-2H3/p+1/t26?,27-,28+,31-/m1/s1. The van der Waals surface area contributed by atoms with Gasteiger partial charge in [0.05, 0.1) is 25.2 Å². The van der Waals surface area contributed by atoms with E-state index in [4.69, 9.17) is 9.47 Å². The molecule has 40 heavy (non-hydrogen) atoms. The smallest absolute Gasteiger partial charge is 0.308 e. The van der Waals surface area contributed by atoms with E-state index in [0.717, 1.165) is 74.1 Å². The molecular weight excluding hydrogens is 506 g/mol. The number of amides is 1. The third-order valence-electron chi connectivity index (χ3n) is 8.84. The Morgan fingerprint density at radius 3 is 2.80 bits per heavy atom. The van der Waals surface area contributed by atoms with Crippen molar-refractivity contribution in [3.63, 3.8) is 0 Å². The molecule has 216 valence electrons. The molecule has 8 nitrogen and oxygen atoms in total. The highest BCUT2D eigenvalue weighted by Crippen LogP contribution is 2.42. The Morgan fingerprint density at radius 1 is 1.18 bits per heavy atom. The molecule has 5 rings (SSSR count). The van der Waals surface area contributed by atoms with E-state index in [1.807, 2.05) is 53.2 Å². The zero-order valence-corrected chi connectivity index (χ0v) is 24.0. The minimum absolute atomic E-state index is 0.0192. The third kappa shape index (κ3) is 6.50. The van der Waals surface area contributed by atoms with Gasteiger partial charge in [0.1, 0.15) is 18.5 Å². The summed E-state index contributed by atoms with van der Waals surface area (Å²) in [6, 6.07) is 9.84. The second-order valence-corrected chi connectivity index (χ2v) is 11.6. The van der Waals surface area contributed by atoms with Crippen LogP contribution in [-0.2, 0) is 27.8 Å². The number of aromatic nitrogens is 1. The Kier molecular flexibility index (Phi) is 9.37. The summed E-state index contributed by atoms with van der Waals surface area (Å²) < 4.78 is 13.7. The first-order valence-corrected chi connectivity index (χ1v) is 15.0. The molecule has 0 bridgehead atoms. The van der Waals surface area contributed by atoms with Gasteiger partial charge in [-0.25, -0.2) is 4.57 Å². The highest BCUT2D eigenvalue weighted by Gasteiger charge is 2.47. The average Bonchev–Trinajstić information content (AvgIpc) is 3.57. The van der Waals surface area contributed by atoms with Crippen molar-refractivity contribution in [1.29, 1.82) is 0 Å². The number of carboxylic acid groups (broad SMARTS) is 1. The normalized spacial score (nSPS) is 24.4. The summed E-state index contributed by atoms with van der Waals surface area (Å²) in [5.74, 6) is -0.647. The summed E-state index contributed by atoms with van der Waals surface area (Å²) in [5, 5.41) is 10.6. The molecule has 4 heterocycles. The number of benzene rings is 1. The summed E-state index contributed by atoms with van der Waals surface area (Å²) in [5.41, 5.74) is 3.05. The van der Waals surface area contributed by atoms with Gasteiger partial charge in [-0.1, -0.05) is 25.5 Å². The summed E-state index contributed by atoms with van der Waals surface area (Å²) in [6.45, 7) is 4.96. The number of nitrogens with zero attached hydrogens (tertiary/aromatic N) is 3. The molecule has 3 aliphatic heterocycles. The number of hydrogen-bond acceptors (Lipinski definition) is 5. The first-order valence-electron chi connectivity index (χ1n) is 15.0. The van der Waals surface area contributed by atoms with E-state index in [1.54, 1.807) is 0 Å². The number of fused-ring (bicyclic) bond motifs is 1. The number of aryl methyl sites for hydroxylation is 1. The largest absolute Gasteiger partial charge is 0.493 e. The molecule has 0 aliphatic carbocycles. The maximum Gasteiger partial charge on any atom is 0.308 e. The van der Waals surface area contributed by atoms with Gasteiger partial charge in [-0.15, -0.1) is 0 Å². The molecule has 0 radical (unpaired) electrons. The summed E-state index contributed by atoms with van der Waals surface area (Å²) in [6.07, 6.45) is 11.6. The molecule has 2 saturated heterocycles. The van der Waals surface area contributed by atoms with Gasteiger partial charge in [0.2, 0.25) is 5.91 Å². The van der Waals surface area contributed by atoms with Crippen LogP contribution in [0.1, 0.15) is 68.9 Å². The van der Waals surface area contributed by atoms with Crippen molar-refractivity contribution in [2.24, 2.45) is 13.0 Å². The topological polar surface area (TPSA) is 83.2 Å². The zero-order valence-electron chi connectivity index (χ0n) is 24.0. The van der Waals surface area contributed by atoms with Crippen LogP contribution in [0.4, 0.5) is 5.69 Å². The summed E-state index contributed by atoms with van der Waals surface area (Å²) in [7, 11) is 1.96. The first kappa shape index (κ1) is 28.6. The third-order valence-corrected chi connectivity index (χ3v) is 8.84. The van der Waals surface area contributed by atoms with E-state index in [1.165, 1.54) is 0 Å². The summed E-state index contributed by atoms with van der Waals surface area (Å²) >= 11 is 0. The number of ether oxygens (including phenoxy) is 2. The molecular formula is C32H44N3O5+. The number of carbonyl (C=O) groups is 2. The fourth-order valence-electron chi connectivity index (χ4n) is 6.72. The molecule has 3 aliphatic rings. The van der Waals surface area contributed by atoms with Gasteiger partial charge in [0.15, 0.2) is 12.4 Å². The minimum Gasteiger partial charge on any atom is -0.493 e. The Hall–Kier alpha value is -2.97. The fourth-order valence-corrected chi connectivity index (χ4v) is 6.72. The molecule has 1 aromatic carbocycles. The number of aliphatic carboxylic acids is 1. The highest BCUT2D eigenvalue weighted by molar-refractivity contribution is 5.94. The van der Waals surface area contributed by atoms with Crippen LogP contribution in [0.15, 0.2) is 42.7 Å². The zero-order chi connectivity index (χ0) is 28.1. The molecule has 8 heteroatoms. The molecule has 0 saturated carbocycles. The second kappa shape index (κ2) is 13.1. The Labute approximate surface area is 237 Å². The average molecular weight is 551 g/mol. The predicted molar refractivity (Wildman–Crippen MR) is 153 cm³/mol. The number of rotatable bonds is 11. The molecule has 0 spiro atoms. The van der Waals surface area contributed by atoms with Crippen molar-refractivity contribution in [2.45, 2.75) is 76.4 Å². The van der Waals surface area contributed by atoms with Gasteiger partial charge < -0.3 is 19.5 Å².